The number of hydrogen-bond acceptors (Lipinski definition) is 1. The quantitative estimate of drug-likeness (QED) is 0.709. The van der Waals surface area contributed by atoms with E-state index in [0.29, 0.717) is 0 Å². The van der Waals surface area contributed by atoms with Gasteiger partial charge in [-0.25, -0.2) is 0 Å². The normalized spacial score (nSPS) is 15.3. The first kappa shape index (κ1) is 15.3. The van der Waals surface area contributed by atoms with Crippen molar-refractivity contribution in [3.63, 3.8) is 0 Å². The third-order valence-electron chi connectivity index (χ3n) is 4.80. The maximum absolute atomic E-state index is 2.66. The van der Waals surface area contributed by atoms with Gasteiger partial charge in [-0.3, -0.25) is 0 Å². The molecule has 116 valence electrons. The van der Waals surface area contributed by atoms with Crippen LogP contribution in [0.25, 0.3) is 0 Å². The molecule has 0 N–H and O–H groups in total. The molecule has 2 aromatic carbocycles. The number of nitrogens with zero attached hydrogens (tertiary/aromatic N) is 1. The van der Waals surface area contributed by atoms with Crippen LogP contribution in [0, 0.1) is 0 Å². The van der Waals surface area contributed by atoms with Gasteiger partial charge in [0.05, 0.1) is 0 Å². The summed E-state index contributed by atoms with van der Waals surface area (Å²) in [5.41, 5.74) is 4.61. The van der Waals surface area contributed by atoms with Gasteiger partial charge in [-0.15, -0.1) is 0 Å². The summed E-state index contributed by atoms with van der Waals surface area (Å²) in [6.07, 6.45) is 7.67. The molecule has 0 spiro atoms. The summed E-state index contributed by atoms with van der Waals surface area (Å²) in [5, 5.41) is 0. The van der Waals surface area contributed by atoms with Crippen molar-refractivity contribution >= 4 is 0 Å². The lowest BCUT2D eigenvalue weighted by Gasteiger charge is -2.19. The molecule has 1 heteroatoms. The molecule has 0 atom stereocenters. The summed E-state index contributed by atoms with van der Waals surface area (Å²) < 4.78 is 0. The topological polar surface area (TPSA) is 3.24 Å². The van der Waals surface area contributed by atoms with E-state index < -0.39 is 0 Å². The number of hydrogen-bond donors (Lipinski definition) is 0. The van der Waals surface area contributed by atoms with Crippen molar-refractivity contribution in [2.24, 2.45) is 0 Å². The molecule has 1 heterocycles. The van der Waals surface area contributed by atoms with E-state index >= 15 is 0 Å². The average Bonchev–Trinajstić information content (AvgIpc) is 2.78. The standard InChI is InChI=1S/C21H27N/c1-3-9-19(10-4-1)11-5-2-8-16-22-17-14-20-12-6-7-13-21(20)15-18-22/h1,3-4,6-7,9-10,12-13H,2,5,8,11,14-18H2. The lowest BCUT2D eigenvalue weighted by molar-refractivity contribution is 0.280. The zero-order chi connectivity index (χ0) is 15.0. The number of rotatable bonds is 6. The largest absolute Gasteiger partial charge is 0.303 e. The first-order chi connectivity index (χ1) is 10.9. The van der Waals surface area contributed by atoms with Crippen LogP contribution in [0.15, 0.2) is 54.6 Å². The Kier molecular flexibility index (Phi) is 5.66. The number of benzene rings is 2. The van der Waals surface area contributed by atoms with Crippen LogP contribution in [0.5, 0.6) is 0 Å². The van der Waals surface area contributed by atoms with Crippen molar-refractivity contribution < 1.29 is 0 Å². The summed E-state index contributed by atoms with van der Waals surface area (Å²) in [7, 11) is 0. The SMILES string of the molecule is c1ccc(CCCCCN2CCc3ccccc3CC2)cc1. The van der Waals surface area contributed by atoms with Gasteiger partial charge >= 0.3 is 0 Å². The molecule has 0 aliphatic carbocycles. The molecule has 2 aromatic rings. The molecule has 0 fully saturated rings. The van der Waals surface area contributed by atoms with Gasteiger partial charge in [0.2, 0.25) is 0 Å². The fourth-order valence-corrected chi connectivity index (χ4v) is 3.42. The molecule has 1 aliphatic heterocycles. The molecular weight excluding hydrogens is 266 g/mol. The molecule has 0 unspecified atom stereocenters. The second-order valence-corrected chi connectivity index (χ2v) is 6.41. The van der Waals surface area contributed by atoms with Crippen molar-refractivity contribution in [3.05, 3.63) is 71.3 Å². The lowest BCUT2D eigenvalue weighted by atomic mass is 10.0. The van der Waals surface area contributed by atoms with E-state index in [-0.39, 0.29) is 0 Å². The van der Waals surface area contributed by atoms with E-state index in [1.165, 1.54) is 63.7 Å². The Bertz CT molecular complexity index is 534. The third-order valence-corrected chi connectivity index (χ3v) is 4.80. The van der Waals surface area contributed by atoms with E-state index in [1.807, 2.05) is 0 Å². The van der Waals surface area contributed by atoms with Gasteiger partial charge in [0.25, 0.3) is 0 Å². The summed E-state index contributed by atoms with van der Waals surface area (Å²) in [5.74, 6) is 0. The maximum Gasteiger partial charge on any atom is 0.00221 e. The Morgan fingerprint density at radius 1 is 0.682 bits per heavy atom. The Morgan fingerprint density at radius 2 is 1.32 bits per heavy atom. The highest BCUT2D eigenvalue weighted by Crippen LogP contribution is 2.16. The van der Waals surface area contributed by atoms with Crippen molar-refractivity contribution in [2.45, 2.75) is 38.5 Å². The zero-order valence-corrected chi connectivity index (χ0v) is 13.5. The van der Waals surface area contributed by atoms with E-state index in [4.69, 9.17) is 0 Å². The molecule has 0 amide bonds. The summed E-state index contributed by atoms with van der Waals surface area (Å²) in [6, 6.07) is 19.8. The van der Waals surface area contributed by atoms with Crippen LogP contribution in [-0.2, 0) is 19.3 Å². The molecule has 0 saturated heterocycles. The molecule has 0 radical (unpaired) electrons. The maximum atomic E-state index is 2.66. The van der Waals surface area contributed by atoms with Crippen LogP contribution in [0.1, 0.15) is 36.0 Å². The van der Waals surface area contributed by atoms with Gasteiger partial charge in [-0.2, -0.15) is 0 Å². The van der Waals surface area contributed by atoms with Crippen molar-refractivity contribution in [1.29, 1.82) is 0 Å². The predicted molar refractivity (Wildman–Crippen MR) is 94.3 cm³/mol. The summed E-state index contributed by atoms with van der Waals surface area (Å²) in [6.45, 7) is 3.73. The zero-order valence-electron chi connectivity index (χ0n) is 13.5. The Morgan fingerprint density at radius 3 is 2.00 bits per heavy atom. The van der Waals surface area contributed by atoms with E-state index in [2.05, 4.69) is 59.5 Å². The lowest BCUT2D eigenvalue weighted by Crippen LogP contribution is -2.27. The molecule has 0 aromatic heterocycles. The Labute approximate surface area is 135 Å². The first-order valence-electron chi connectivity index (χ1n) is 8.75. The van der Waals surface area contributed by atoms with Crippen LogP contribution in [0.3, 0.4) is 0 Å². The average molecular weight is 293 g/mol. The van der Waals surface area contributed by atoms with Gasteiger partial charge in [0, 0.05) is 13.1 Å². The van der Waals surface area contributed by atoms with E-state index in [9.17, 15) is 0 Å². The highest BCUT2D eigenvalue weighted by Gasteiger charge is 2.12. The minimum Gasteiger partial charge on any atom is -0.303 e. The summed E-state index contributed by atoms with van der Waals surface area (Å²) in [4.78, 5) is 2.66. The Balaban J connectivity index is 1.35. The van der Waals surface area contributed by atoms with E-state index in [0.717, 1.165) is 0 Å². The molecule has 3 rings (SSSR count). The minimum absolute atomic E-state index is 1.22. The van der Waals surface area contributed by atoms with Gasteiger partial charge in [0.15, 0.2) is 0 Å². The number of fused-ring (bicyclic) bond motifs is 1. The van der Waals surface area contributed by atoms with Crippen molar-refractivity contribution in [3.8, 4) is 0 Å². The second kappa shape index (κ2) is 8.14. The van der Waals surface area contributed by atoms with Crippen molar-refractivity contribution in [1.82, 2.24) is 4.90 Å². The van der Waals surface area contributed by atoms with Crippen LogP contribution in [0.2, 0.25) is 0 Å². The van der Waals surface area contributed by atoms with Gasteiger partial charge in [0.1, 0.15) is 0 Å². The second-order valence-electron chi connectivity index (χ2n) is 6.41. The summed E-state index contributed by atoms with van der Waals surface area (Å²) >= 11 is 0. The van der Waals surface area contributed by atoms with Gasteiger partial charge < -0.3 is 4.90 Å². The van der Waals surface area contributed by atoms with Gasteiger partial charge in [-0.1, -0.05) is 61.0 Å². The predicted octanol–water partition coefficient (Wildman–Crippen LogP) is 4.50. The molecule has 0 bridgehead atoms. The van der Waals surface area contributed by atoms with E-state index in [1.54, 1.807) is 11.1 Å². The fourth-order valence-electron chi connectivity index (χ4n) is 3.42. The minimum atomic E-state index is 1.22. The fraction of sp³-hybridized carbons (Fsp3) is 0.429. The smallest absolute Gasteiger partial charge is 0.00221 e. The van der Waals surface area contributed by atoms with Crippen LogP contribution in [-0.4, -0.2) is 24.5 Å². The van der Waals surface area contributed by atoms with Crippen LogP contribution >= 0.6 is 0 Å². The number of unbranched alkanes of at least 4 members (excludes halogenated alkanes) is 2. The highest BCUT2D eigenvalue weighted by atomic mass is 15.1. The molecule has 22 heavy (non-hydrogen) atoms. The molecule has 1 aliphatic rings. The number of aryl methyl sites for hydroxylation is 1. The third kappa shape index (κ3) is 4.45. The Hall–Kier alpha value is -1.60. The van der Waals surface area contributed by atoms with Crippen molar-refractivity contribution in [2.75, 3.05) is 19.6 Å². The molecular formula is C21H27N. The highest BCUT2D eigenvalue weighted by molar-refractivity contribution is 5.28. The van der Waals surface area contributed by atoms with Crippen LogP contribution < -0.4 is 0 Å². The molecule has 0 saturated carbocycles. The molecule has 1 nitrogen and oxygen atoms in total. The monoisotopic (exact) mass is 293 g/mol. The van der Waals surface area contributed by atoms with Crippen LogP contribution in [0.4, 0.5) is 0 Å². The first-order valence-corrected chi connectivity index (χ1v) is 8.75. The van der Waals surface area contributed by atoms with Gasteiger partial charge in [-0.05, 0) is 55.3 Å².